The van der Waals surface area contributed by atoms with E-state index in [1.54, 1.807) is 6.07 Å². The molecule has 0 heterocycles. The second-order valence-electron chi connectivity index (χ2n) is 6.09. The van der Waals surface area contributed by atoms with Gasteiger partial charge in [-0.25, -0.2) is 9.59 Å². The van der Waals surface area contributed by atoms with Crippen molar-refractivity contribution in [2.24, 2.45) is 0 Å². The van der Waals surface area contributed by atoms with E-state index in [2.05, 4.69) is 10.1 Å². The molecule has 10 nitrogen and oxygen atoms in total. The van der Waals surface area contributed by atoms with E-state index in [0.29, 0.717) is 5.56 Å². The molecule has 1 amide bonds. The minimum Gasteiger partial charge on any atom is -0.490 e. The molecule has 0 bridgehead atoms. The molecule has 30 heavy (non-hydrogen) atoms. The fourth-order valence-corrected chi connectivity index (χ4v) is 2.72. The largest absolute Gasteiger partial charge is 0.490 e. The predicted octanol–water partition coefficient (Wildman–Crippen LogP) is 1.90. The lowest BCUT2D eigenvalue weighted by Crippen LogP contribution is -2.43. The van der Waals surface area contributed by atoms with Crippen LogP contribution in [0.25, 0.3) is 0 Å². The van der Waals surface area contributed by atoms with Gasteiger partial charge in [0.15, 0.2) is 5.75 Å². The van der Waals surface area contributed by atoms with Gasteiger partial charge >= 0.3 is 17.6 Å². The van der Waals surface area contributed by atoms with Crippen LogP contribution in [0.2, 0.25) is 0 Å². The minimum absolute atomic E-state index is 0.0556. The van der Waals surface area contributed by atoms with Gasteiger partial charge in [0.2, 0.25) is 0 Å². The van der Waals surface area contributed by atoms with Crippen molar-refractivity contribution in [3.05, 3.63) is 69.3 Å². The van der Waals surface area contributed by atoms with E-state index in [1.165, 1.54) is 50.6 Å². The molecule has 2 rings (SSSR count). The summed E-state index contributed by atoms with van der Waals surface area (Å²) in [6.45, 7) is 0. The molecular formula is C20H20N2O8. The summed E-state index contributed by atoms with van der Waals surface area (Å²) in [6.07, 6.45) is -0.0556. The molecule has 0 saturated heterocycles. The molecule has 0 unspecified atom stereocenters. The van der Waals surface area contributed by atoms with Gasteiger partial charge in [-0.2, -0.15) is 0 Å². The molecule has 0 saturated carbocycles. The van der Waals surface area contributed by atoms with E-state index in [9.17, 15) is 24.5 Å². The Morgan fingerprint density at radius 1 is 1.03 bits per heavy atom. The number of nitrogens with one attached hydrogen (secondary N) is 1. The number of nitrogens with zero attached hydrogens (tertiary/aromatic N) is 1. The van der Waals surface area contributed by atoms with Crippen molar-refractivity contribution in [2.75, 3.05) is 21.3 Å². The molecule has 2 aromatic carbocycles. The Kier molecular flexibility index (Phi) is 7.45. The summed E-state index contributed by atoms with van der Waals surface area (Å²) in [5.74, 6) is -1.90. The molecule has 158 valence electrons. The molecular weight excluding hydrogens is 396 g/mol. The van der Waals surface area contributed by atoms with Crippen LogP contribution in [0.5, 0.6) is 5.75 Å². The zero-order valence-corrected chi connectivity index (χ0v) is 16.5. The van der Waals surface area contributed by atoms with Crippen LogP contribution in [-0.4, -0.2) is 50.1 Å². The molecule has 0 aliphatic carbocycles. The van der Waals surface area contributed by atoms with Crippen LogP contribution >= 0.6 is 0 Å². The van der Waals surface area contributed by atoms with Crippen molar-refractivity contribution >= 4 is 23.5 Å². The van der Waals surface area contributed by atoms with Gasteiger partial charge < -0.3 is 19.5 Å². The molecule has 0 radical (unpaired) electrons. The topological polar surface area (TPSA) is 134 Å². The number of hydrogen-bond donors (Lipinski definition) is 1. The van der Waals surface area contributed by atoms with Crippen molar-refractivity contribution in [3.63, 3.8) is 0 Å². The van der Waals surface area contributed by atoms with E-state index in [4.69, 9.17) is 9.47 Å². The van der Waals surface area contributed by atoms with Gasteiger partial charge in [-0.05, 0) is 29.8 Å². The van der Waals surface area contributed by atoms with Crippen molar-refractivity contribution in [1.82, 2.24) is 5.32 Å². The lowest BCUT2D eigenvalue weighted by atomic mass is 10.0. The number of benzene rings is 2. The SMILES string of the molecule is COC(=O)c1cccc(C(=O)N[C@@H](Cc2ccc(OC)c([N+](=O)[O-])c2)C(=O)OC)c1. The van der Waals surface area contributed by atoms with Crippen LogP contribution < -0.4 is 10.1 Å². The van der Waals surface area contributed by atoms with Crippen molar-refractivity contribution in [2.45, 2.75) is 12.5 Å². The second-order valence-corrected chi connectivity index (χ2v) is 6.09. The summed E-state index contributed by atoms with van der Waals surface area (Å²) in [5.41, 5.74) is 0.454. The molecule has 0 fully saturated rings. The number of carbonyl (C=O) groups is 3. The van der Waals surface area contributed by atoms with E-state index >= 15 is 0 Å². The minimum atomic E-state index is -1.11. The number of carbonyl (C=O) groups excluding carboxylic acids is 3. The summed E-state index contributed by atoms with van der Waals surface area (Å²) in [6, 6.07) is 8.88. The molecule has 10 heteroatoms. The Morgan fingerprint density at radius 3 is 2.33 bits per heavy atom. The standard InChI is InChI=1S/C20H20N2O8/c1-28-17-8-7-12(10-16(17)22(26)27)9-15(20(25)30-3)21-18(23)13-5-4-6-14(11-13)19(24)29-2/h4-8,10-11,15H,9H2,1-3H3,(H,21,23)/t15-/m0/s1. The third kappa shape index (κ3) is 5.31. The Morgan fingerprint density at radius 2 is 1.73 bits per heavy atom. The second kappa shape index (κ2) is 10.0. The Hall–Kier alpha value is -3.95. The maximum Gasteiger partial charge on any atom is 0.337 e. The van der Waals surface area contributed by atoms with Gasteiger partial charge in [0.1, 0.15) is 6.04 Å². The number of nitro groups is 1. The lowest BCUT2D eigenvalue weighted by molar-refractivity contribution is -0.385. The Labute approximate surface area is 171 Å². The molecule has 2 aromatic rings. The maximum absolute atomic E-state index is 12.6. The van der Waals surface area contributed by atoms with Crippen LogP contribution in [0, 0.1) is 10.1 Å². The van der Waals surface area contributed by atoms with Crippen molar-refractivity contribution in [3.8, 4) is 5.75 Å². The van der Waals surface area contributed by atoms with Crippen LogP contribution in [-0.2, 0) is 20.7 Å². The number of ether oxygens (including phenoxy) is 3. The fourth-order valence-electron chi connectivity index (χ4n) is 2.72. The molecule has 0 aromatic heterocycles. The normalized spacial score (nSPS) is 11.2. The monoisotopic (exact) mass is 416 g/mol. The third-order valence-electron chi connectivity index (χ3n) is 4.22. The highest BCUT2D eigenvalue weighted by molar-refractivity contribution is 5.99. The number of nitro benzene ring substituents is 1. The zero-order chi connectivity index (χ0) is 22.3. The molecule has 0 aliphatic heterocycles. The van der Waals surface area contributed by atoms with E-state index in [-0.39, 0.29) is 29.0 Å². The first-order valence-corrected chi connectivity index (χ1v) is 8.69. The summed E-state index contributed by atoms with van der Waals surface area (Å²) < 4.78 is 14.3. The molecule has 1 atom stereocenters. The first-order chi connectivity index (χ1) is 14.3. The first kappa shape index (κ1) is 22.3. The Bertz CT molecular complexity index is 973. The summed E-state index contributed by atoms with van der Waals surface area (Å²) >= 11 is 0. The van der Waals surface area contributed by atoms with Gasteiger partial charge in [0.05, 0.1) is 31.8 Å². The fraction of sp³-hybridized carbons (Fsp3) is 0.250. The third-order valence-corrected chi connectivity index (χ3v) is 4.22. The van der Waals surface area contributed by atoms with Crippen molar-refractivity contribution < 1.29 is 33.5 Å². The lowest BCUT2D eigenvalue weighted by Gasteiger charge is -2.17. The highest BCUT2D eigenvalue weighted by atomic mass is 16.6. The van der Waals surface area contributed by atoms with E-state index < -0.39 is 28.8 Å². The van der Waals surface area contributed by atoms with Gasteiger partial charge in [-0.15, -0.1) is 0 Å². The molecule has 0 aliphatic rings. The predicted molar refractivity (Wildman–Crippen MR) is 104 cm³/mol. The number of methoxy groups -OCH3 is 3. The number of hydrogen-bond acceptors (Lipinski definition) is 8. The number of amides is 1. The summed E-state index contributed by atoms with van der Waals surface area (Å²) in [5, 5.41) is 13.7. The Balaban J connectivity index is 2.26. The first-order valence-electron chi connectivity index (χ1n) is 8.69. The van der Waals surface area contributed by atoms with Gasteiger partial charge in [-0.1, -0.05) is 12.1 Å². The van der Waals surface area contributed by atoms with E-state index in [1.807, 2.05) is 0 Å². The van der Waals surface area contributed by atoms with Crippen LogP contribution in [0.15, 0.2) is 42.5 Å². The van der Waals surface area contributed by atoms with Gasteiger partial charge in [0.25, 0.3) is 5.91 Å². The van der Waals surface area contributed by atoms with Crippen LogP contribution in [0.1, 0.15) is 26.3 Å². The highest BCUT2D eigenvalue weighted by Crippen LogP contribution is 2.28. The average Bonchev–Trinajstić information content (AvgIpc) is 2.77. The van der Waals surface area contributed by atoms with Crippen LogP contribution in [0.3, 0.4) is 0 Å². The molecule has 1 N–H and O–H groups in total. The smallest absolute Gasteiger partial charge is 0.337 e. The number of esters is 2. The average molecular weight is 416 g/mol. The zero-order valence-electron chi connectivity index (χ0n) is 16.5. The van der Waals surface area contributed by atoms with Gasteiger partial charge in [0, 0.05) is 18.1 Å². The quantitative estimate of drug-likeness (QED) is 0.392. The van der Waals surface area contributed by atoms with Crippen molar-refractivity contribution in [1.29, 1.82) is 0 Å². The van der Waals surface area contributed by atoms with E-state index in [0.717, 1.165) is 7.11 Å². The van der Waals surface area contributed by atoms with Crippen LogP contribution in [0.4, 0.5) is 5.69 Å². The maximum atomic E-state index is 12.6. The molecule has 0 spiro atoms. The summed E-state index contributed by atoms with van der Waals surface area (Å²) in [4.78, 5) is 47.0. The highest BCUT2D eigenvalue weighted by Gasteiger charge is 2.25. The number of rotatable bonds is 8. The summed E-state index contributed by atoms with van der Waals surface area (Å²) in [7, 11) is 3.69. The van der Waals surface area contributed by atoms with Gasteiger partial charge in [-0.3, -0.25) is 14.9 Å².